The zero-order valence-electron chi connectivity index (χ0n) is 17.4. The van der Waals surface area contributed by atoms with E-state index < -0.39 is 11.6 Å². The molecule has 0 unspecified atom stereocenters. The number of carbonyl (C=O) groups is 1. The molecule has 1 amide bonds. The van der Waals surface area contributed by atoms with Crippen molar-refractivity contribution in [2.45, 2.75) is 103 Å². The monoisotopic (exact) mass is 408 g/mol. The van der Waals surface area contributed by atoms with Crippen LogP contribution in [0.1, 0.15) is 85.5 Å². The minimum Gasteiger partial charge on any atom is -0.354 e. The number of nitrogens with two attached hydrogens (primary N) is 1. The average molecular weight is 409 g/mol. The second-order valence-electron chi connectivity index (χ2n) is 11.1. The van der Waals surface area contributed by atoms with Crippen LogP contribution in [0.4, 0.5) is 0 Å². The summed E-state index contributed by atoms with van der Waals surface area (Å²) in [6.45, 7) is 4.36. The van der Waals surface area contributed by atoms with Crippen molar-refractivity contribution >= 4 is 5.91 Å². The SMILES string of the molecule is C.CC(C)(N)CNC(=O)CC1CCC2(CC1)OOC1(O2)C2CC3CC(C2)CC1C3. The van der Waals surface area contributed by atoms with Crippen LogP contribution >= 0.6 is 0 Å². The fourth-order valence-electron chi connectivity index (χ4n) is 6.78. The van der Waals surface area contributed by atoms with Gasteiger partial charge in [0.25, 0.3) is 0 Å². The Labute approximate surface area is 175 Å². The maximum atomic E-state index is 12.2. The summed E-state index contributed by atoms with van der Waals surface area (Å²) in [6, 6.07) is 0. The van der Waals surface area contributed by atoms with Crippen LogP contribution in [0.15, 0.2) is 0 Å². The first-order valence-electron chi connectivity index (χ1n) is 11.4. The van der Waals surface area contributed by atoms with Crippen LogP contribution in [-0.2, 0) is 19.3 Å². The molecule has 29 heavy (non-hydrogen) atoms. The fraction of sp³-hybridized carbons (Fsp3) is 0.957. The van der Waals surface area contributed by atoms with Crippen LogP contribution in [0.5, 0.6) is 0 Å². The highest BCUT2D eigenvalue weighted by molar-refractivity contribution is 5.76. The van der Waals surface area contributed by atoms with E-state index in [-0.39, 0.29) is 18.9 Å². The molecule has 6 fully saturated rings. The lowest BCUT2D eigenvalue weighted by Gasteiger charge is -2.57. The number of nitrogens with one attached hydrogen (secondary N) is 1. The molecular formula is C23H40N2O4. The Bertz CT molecular complexity index is 593. The molecule has 0 aromatic rings. The maximum Gasteiger partial charge on any atom is 0.220 e. The summed E-state index contributed by atoms with van der Waals surface area (Å²) in [5, 5.41) is 2.96. The number of amides is 1. The van der Waals surface area contributed by atoms with Gasteiger partial charge in [-0.2, -0.15) is 9.78 Å². The first-order chi connectivity index (χ1) is 13.3. The Balaban J connectivity index is 0.00000205. The largest absolute Gasteiger partial charge is 0.354 e. The molecule has 6 aliphatic rings. The summed E-state index contributed by atoms with van der Waals surface area (Å²) < 4.78 is 6.74. The highest BCUT2D eigenvalue weighted by atomic mass is 17.3. The third kappa shape index (κ3) is 3.98. The lowest BCUT2D eigenvalue weighted by Crippen LogP contribution is -2.59. The molecule has 6 heteroatoms. The molecule has 3 N–H and O–H groups in total. The number of ether oxygens (including phenoxy) is 1. The van der Waals surface area contributed by atoms with Gasteiger partial charge >= 0.3 is 0 Å². The van der Waals surface area contributed by atoms with Crippen molar-refractivity contribution in [3.8, 4) is 0 Å². The summed E-state index contributed by atoms with van der Waals surface area (Å²) in [6.07, 6.45) is 10.5. The molecule has 1 saturated heterocycles. The van der Waals surface area contributed by atoms with Gasteiger partial charge in [0.2, 0.25) is 17.5 Å². The van der Waals surface area contributed by atoms with E-state index in [1.807, 2.05) is 13.8 Å². The predicted octanol–water partition coefficient (Wildman–Crippen LogP) is 3.88. The number of carbonyl (C=O) groups excluding carboxylic acids is 1. The Morgan fingerprint density at radius 2 is 1.62 bits per heavy atom. The Morgan fingerprint density at radius 1 is 1.03 bits per heavy atom. The van der Waals surface area contributed by atoms with E-state index in [0.717, 1.165) is 37.5 Å². The Kier molecular flexibility index (Phi) is 5.55. The molecule has 6 nitrogen and oxygen atoms in total. The summed E-state index contributed by atoms with van der Waals surface area (Å²) in [5.74, 6) is 2.19. The van der Waals surface area contributed by atoms with Crippen molar-refractivity contribution in [3.63, 3.8) is 0 Å². The van der Waals surface area contributed by atoms with Crippen LogP contribution in [0.3, 0.4) is 0 Å². The molecule has 2 spiro atoms. The molecule has 0 aromatic heterocycles. The van der Waals surface area contributed by atoms with Crippen molar-refractivity contribution < 1.29 is 19.3 Å². The van der Waals surface area contributed by atoms with E-state index in [1.54, 1.807) is 0 Å². The van der Waals surface area contributed by atoms with Gasteiger partial charge in [0.05, 0.1) is 0 Å². The first kappa shape index (κ1) is 21.5. The number of hydrogen-bond acceptors (Lipinski definition) is 5. The molecule has 4 bridgehead atoms. The highest BCUT2D eigenvalue weighted by Crippen LogP contribution is 2.63. The highest BCUT2D eigenvalue weighted by Gasteiger charge is 2.66. The molecule has 0 radical (unpaired) electrons. The van der Waals surface area contributed by atoms with Gasteiger partial charge < -0.3 is 15.8 Å². The topological polar surface area (TPSA) is 82.8 Å². The number of rotatable bonds is 4. The van der Waals surface area contributed by atoms with Crippen LogP contribution in [-0.4, -0.2) is 29.6 Å². The zero-order valence-corrected chi connectivity index (χ0v) is 17.4. The summed E-state index contributed by atoms with van der Waals surface area (Å²) in [7, 11) is 0. The molecule has 5 saturated carbocycles. The average Bonchev–Trinajstić information content (AvgIpc) is 3.00. The minimum atomic E-state index is -0.582. The standard InChI is InChI=1S/C22H36N2O4.CH4/c1-20(2,23)13-24-19(25)12-14-3-5-21(6-4-14)26-22(28-27-21)17-8-15-7-16(10-17)11-18(22)9-15;/h14-18H,3-13,23H2,1-2H3,(H,24,25);1H4. The van der Waals surface area contributed by atoms with Gasteiger partial charge in [-0.15, -0.1) is 0 Å². The molecule has 0 aromatic carbocycles. The van der Waals surface area contributed by atoms with E-state index in [1.165, 1.54) is 32.1 Å². The third-order valence-corrected chi connectivity index (χ3v) is 8.03. The third-order valence-electron chi connectivity index (χ3n) is 8.03. The van der Waals surface area contributed by atoms with Gasteiger partial charge in [-0.05, 0) is 76.5 Å². The van der Waals surface area contributed by atoms with Crippen LogP contribution in [0, 0.1) is 29.6 Å². The molecule has 166 valence electrons. The van der Waals surface area contributed by atoms with Crippen LogP contribution in [0.2, 0.25) is 0 Å². The van der Waals surface area contributed by atoms with Gasteiger partial charge in [-0.25, -0.2) is 0 Å². The minimum absolute atomic E-state index is 0. The quantitative estimate of drug-likeness (QED) is 0.690. The summed E-state index contributed by atoms with van der Waals surface area (Å²) in [5.41, 5.74) is 5.58. The van der Waals surface area contributed by atoms with Crippen LogP contribution in [0.25, 0.3) is 0 Å². The van der Waals surface area contributed by atoms with Gasteiger partial charge in [0.1, 0.15) is 0 Å². The number of hydrogen-bond donors (Lipinski definition) is 2. The van der Waals surface area contributed by atoms with Gasteiger partial charge in [0, 0.05) is 43.2 Å². The maximum absolute atomic E-state index is 12.2. The van der Waals surface area contributed by atoms with E-state index in [2.05, 4.69) is 5.32 Å². The molecule has 5 aliphatic carbocycles. The predicted molar refractivity (Wildman–Crippen MR) is 110 cm³/mol. The molecule has 1 aliphatic heterocycles. The van der Waals surface area contributed by atoms with E-state index in [9.17, 15) is 4.79 Å². The molecular weight excluding hydrogens is 368 g/mol. The molecule has 0 atom stereocenters. The van der Waals surface area contributed by atoms with Crippen molar-refractivity contribution in [1.29, 1.82) is 0 Å². The molecule has 6 rings (SSSR count). The molecule has 1 heterocycles. The normalized spacial score (nSPS) is 45.6. The fourth-order valence-corrected chi connectivity index (χ4v) is 6.78. The Hall–Kier alpha value is -0.690. The summed E-state index contributed by atoms with van der Waals surface area (Å²) in [4.78, 5) is 24.3. The van der Waals surface area contributed by atoms with E-state index in [0.29, 0.717) is 30.7 Å². The van der Waals surface area contributed by atoms with Crippen molar-refractivity contribution in [2.75, 3.05) is 6.54 Å². The lowest BCUT2D eigenvalue weighted by atomic mass is 9.53. The first-order valence-corrected chi connectivity index (χ1v) is 11.4. The van der Waals surface area contributed by atoms with Gasteiger partial charge in [-0.1, -0.05) is 7.43 Å². The second-order valence-corrected chi connectivity index (χ2v) is 11.1. The Morgan fingerprint density at radius 3 is 2.17 bits per heavy atom. The van der Waals surface area contributed by atoms with E-state index >= 15 is 0 Å². The van der Waals surface area contributed by atoms with Crippen molar-refractivity contribution in [1.82, 2.24) is 5.32 Å². The smallest absolute Gasteiger partial charge is 0.220 e. The van der Waals surface area contributed by atoms with Crippen molar-refractivity contribution in [2.24, 2.45) is 35.3 Å². The van der Waals surface area contributed by atoms with E-state index in [4.69, 9.17) is 20.2 Å². The van der Waals surface area contributed by atoms with Gasteiger partial charge in [0.15, 0.2) is 0 Å². The summed E-state index contributed by atoms with van der Waals surface area (Å²) >= 11 is 0. The van der Waals surface area contributed by atoms with Crippen LogP contribution < -0.4 is 11.1 Å². The second kappa shape index (κ2) is 7.47. The van der Waals surface area contributed by atoms with Crippen molar-refractivity contribution in [3.05, 3.63) is 0 Å². The lowest BCUT2D eigenvalue weighted by molar-refractivity contribution is -0.390. The van der Waals surface area contributed by atoms with Gasteiger partial charge in [-0.3, -0.25) is 4.79 Å². The zero-order chi connectivity index (χ0) is 19.6.